The van der Waals surface area contributed by atoms with Crippen LogP contribution in [-0.4, -0.2) is 18.1 Å². The number of aromatic nitrogens is 1. The van der Waals surface area contributed by atoms with Gasteiger partial charge in [0.15, 0.2) is 0 Å². The highest BCUT2D eigenvalue weighted by atomic mass is 79.9. The van der Waals surface area contributed by atoms with Crippen molar-refractivity contribution in [3.05, 3.63) is 40.5 Å². The first-order valence-electron chi connectivity index (χ1n) is 6.09. The molecule has 88 valence electrons. The normalized spacial score (nSPS) is 17.5. The monoisotopic (exact) mass is 290 g/mol. The van der Waals surface area contributed by atoms with Crippen molar-refractivity contribution < 1.29 is 0 Å². The summed E-state index contributed by atoms with van der Waals surface area (Å²) < 4.78 is 1.12. The van der Waals surface area contributed by atoms with Crippen LogP contribution in [0, 0.1) is 0 Å². The molecule has 1 saturated heterocycles. The van der Waals surface area contributed by atoms with E-state index in [-0.39, 0.29) is 0 Å². The minimum Gasteiger partial charge on any atom is -0.317 e. The quantitative estimate of drug-likeness (QED) is 0.870. The largest absolute Gasteiger partial charge is 0.317 e. The Hall–Kier alpha value is -0.930. The van der Waals surface area contributed by atoms with Crippen molar-refractivity contribution in [2.45, 2.75) is 18.8 Å². The molecule has 17 heavy (non-hydrogen) atoms. The van der Waals surface area contributed by atoms with Crippen molar-refractivity contribution in [3.8, 4) is 0 Å². The summed E-state index contributed by atoms with van der Waals surface area (Å²) in [5, 5.41) is 4.63. The lowest BCUT2D eigenvalue weighted by atomic mass is 9.91. The van der Waals surface area contributed by atoms with Crippen molar-refractivity contribution in [1.29, 1.82) is 0 Å². The molecule has 0 saturated carbocycles. The Bertz CT molecular complexity index is 533. The number of fused-ring (bicyclic) bond motifs is 1. The van der Waals surface area contributed by atoms with E-state index in [4.69, 9.17) is 0 Å². The van der Waals surface area contributed by atoms with Crippen molar-refractivity contribution in [3.63, 3.8) is 0 Å². The molecule has 0 radical (unpaired) electrons. The Kier molecular flexibility index (Phi) is 3.12. The summed E-state index contributed by atoms with van der Waals surface area (Å²) in [4.78, 5) is 4.56. The predicted molar refractivity (Wildman–Crippen MR) is 74.3 cm³/mol. The number of benzene rings is 1. The van der Waals surface area contributed by atoms with E-state index >= 15 is 0 Å². The van der Waals surface area contributed by atoms with E-state index in [1.54, 1.807) is 0 Å². The lowest BCUT2D eigenvalue weighted by Gasteiger charge is -2.22. The molecule has 0 aliphatic carbocycles. The summed E-state index contributed by atoms with van der Waals surface area (Å²) in [5.74, 6) is 0.673. The molecule has 1 fully saturated rings. The summed E-state index contributed by atoms with van der Waals surface area (Å²) in [6.07, 6.45) is 4.49. The minimum absolute atomic E-state index is 0.673. The van der Waals surface area contributed by atoms with E-state index in [9.17, 15) is 0 Å². The SMILES string of the molecule is Brc1ccc2ncc(C3CCNCC3)cc2c1. The van der Waals surface area contributed by atoms with E-state index in [1.165, 1.54) is 23.8 Å². The summed E-state index contributed by atoms with van der Waals surface area (Å²) in [7, 11) is 0. The van der Waals surface area contributed by atoms with Crippen LogP contribution in [0.2, 0.25) is 0 Å². The summed E-state index contributed by atoms with van der Waals surface area (Å²) >= 11 is 3.52. The summed E-state index contributed by atoms with van der Waals surface area (Å²) in [5.41, 5.74) is 2.46. The molecule has 1 aromatic heterocycles. The van der Waals surface area contributed by atoms with Gasteiger partial charge >= 0.3 is 0 Å². The fourth-order valence-corrected chi connectivity index (χ4v) is 2.88. The number of rotatable bonds is 1. The van der Waals surface area contributed by atoms with Crippen molar-refractivity contribution >= 4 is 26.8 Å². The van der Waals surface area contributed by atoms with Crippen LogP contribution in [0.3, 0.4) is 0 Å². The molecule has 1 aromatic carbocycles. The molecule has 0 amide bonds. The highest BCUT2D eigenvalue weighted by Gasteiger charge is 2.15. The molecule has 3 rings (SSSR count). The van der Waals surface area contributed by atoms with Crippen LogP contribution in [0.5, 0.6) is 0 Å². The Morgan fingerprint density at radius 1 is 1.18 bits per heavy atom. The van der Waals surface area contributed by atoms with Gasteiger partial charge in [-0.1, -0.05) is 15.9 Å². The Labute approximate surface area is 110 Å². The van der Waals surface area contributed by atoms with Gasteiger partial charge in [0, 0.05) is 16.1 Å². The molecule has 0 spiro atoms. The Morgan fingerprint density at radius 2 is 2.00 bits per heavy atom. The zero-order valence-corrected chi connectivity index (χ0v) is 11.2. The third-order valence-corrected chi connectivity index (χ3v) is 3.97. The number of nitrogens with zero attached hydrogens (tertiary/aromatic N) is 1. The number of nitrogens with one attached hydrogen (secondary N) is 1. The van der Waals surface area contributed by atoms with Gasteiger partial charge in [-0.2, -0.15) is 0 Å². The lowest BCUT2D eigenvalue weighted by molar-refractivity contribution is 0.460. The van der Waals surface area contributed by atoms with Crippen molar-refractivity contribution in [1.82, 2.24) is 10.3 Å². The first kappa shape index (κ1) is 11.2. The van der Waals surface area contributed by atoms with Gasteiger partial charge in [-0.25, -0.2) is 0 Å². The lowest BCUT2D eigenvalue weighted by Crippen LogP contribution is -2.26. The summed E-state index contributed by atoms with van der Waals surface area (Å²) in [6, 6.07) is 8.54. The van der Waals surface area contributed by atoms with E-state index in [0.717, 1.165) is 23.1 Å². The second-order valence-corrected chi connectivity index (χ2v) is 5.55. The van der Waals surface area contributed by atoms with E-state index in [2.05, 4.69) is 44.4 Å². The van der Waals surface area contributed by atoms with Crippen LogP contribution >= 0.6 is 15.9 Å². The number of pyridine rings is 1. The fraction of sp³-hybridized carbons (Fsp3) is 0.357. The van der Waals surface area contributed by atoms with Gasteiger partial charge in [0.25, 0.3) is 0 Å². The first-order chi connectivity index (χ1) is 8.33. The molecule has 0 unspecified atom stereocenters. The molecule has 1 N–H and O–H groups in total. The molecular weight excluding hydrogens is 276 g/mol. The second kappa shape index (κ2) is 4.75. The van der Waals surface area contributed by atoms with E-state index in [1.807, 2.05) is 12.3 Å². The number of piperidine rings is 1. The molecule has 0 atom stereocenters. The smallest absolute Gasteiger partial charge is 0.0702 e. The molecule has 0 bridgehead atoms. The van der Waals surface area contributed by atoms with Gasteiger partial charge in [0.05, 0.1) is 5.52 Å². The van der Waals surface area contributed by atoms with Crippen LogP contribution in [0.4, 0.5) is 0 Å². The highest BCUT2D eigenvalue weighted by Crippen LogP contribution is 2.27. The van der Waals surface area contributed by atoms with Gasteiger partial charge < -0.3 is 5.32 Å². The van der Waals surface area contributed by atoms with Gasteiger partial charge in [-0.05, 0) is 61.7 Å². The van der Waals surface area contributed by atoms with Crippen LogP contribution in [0.1, 0.15) is 24.3 Å². The van der Waals surface area contributed by atoms with Gasteiger partial charge in [0.2, 0.25) is 0 Å². The molecule has 1 aliphatic heterocycles. The second-order valence-electron chi connectivity index (χ2n) is 4.63. The van der Waals surface area contributed by atoms with Crippen LogP contribution in [0.25, 0.3) is 10.9 Å². The maximum absolute atomic E-state index is 4.56. The van der Waals surface area contributed by atoms with Crippen LogP contribution in [-0.2, 0) is 0 Å². The maximum atomic E-state index is 4.56. The topological polar surface area (TPSA) is 24.9 Å². The van der Waals surface area contributed by atoms with Crippen molar-refractivity contribution in [2.24, 2.45) is 0 Å². The average Bonchev–Trinajstić information content (AvgIpc) is 2.39. The summed E-state index contributed by atoms with van der Waals surface area (Å²) in [6.45, 7) is 2.25. The number of hydrogen-bond donors (Lipinski definition) is 1. The van der Waals surface area contributed by atoms with E-state index in [0.29, 0.717) is 5.92 Å². The molecular formula is C14H15BrN2. The van der Waals surface area contributed by atoms with Crippen LogP contribution < -0.4 is 5.32 Å². The fourth-order valence-electron chi connectivity index (χ4n) is 2.50. The number of halogens is 1. The molecule has 2 aromatic rings. The van der Waals surface area contributed by atoms with Gasteiger partial charge in [-0.3, -0.25) is 4.98 Å². The zero-order valence-electron chi connectivity index (χ0n) is 9.62. The van der Waals surface area contributed by atoms with Crippen LogP contribution in [0.15, 0.2) is 34.9 Å². The third-order valence-electron chi connectivity index (χ3n) is 3.48. The molecule has 1 aliphatic rings. The highest BCUT2D eigenvalue weighted by molar-refractivity contribution is 9.10. The van der Waals surface area contributed by atoms with E-state index < -0.39 is 0 Å². The van der Waals surface area contributed by atoms with Crippen molar-refractivity contribution in [2.75, 3.05) is 13.1 Å². The van der Waals surface area contributed by atoms with Gasteiger partial charge in [0.1, 0.15) is 0 Å². The maximum Gasteiger partial charge on any atom is 0.0702 e. The third kappa shape index (κ3) is 2.35. The Balaban J connectivity index is 1.99. The zero-order chi connectivity index (χ0) is 11.7. The minimum atomic E-state index is 0.673. The Morgan fingerprint density at radius 3 is 2.82 bits per heavy atom. The molecule has 2 nitrogen and oxygen atoms in total. The average molecular weight is 291 g/mol. The number of hydrogen-bond acceptors (Lipinski definition) is 2. The standard InChI is InChI=1S/C14H15BrN2/c15-13-1-2-14-11(8-13)7-12(9-17-14)10-3-5-16-6-4-10/h1-2,7-10,16H,3-6H2. The predicted octanol–water partition coefficient (Wildman–Crippen LogP) is 3.46. The molecule has 2 heterocycles. The van der Waals surface area contributed by atoms with Gasteiger partial charge in [-0.15, -0.1) is 0 Å². The molecule has 3 heteroatoms. The first-order valence-corrected chi connectivity index (χ1v) is 6.88.